The van der Waals surface area contributed by atoms with Gasteiger partial charge in [0.25, 0.3) is 0 Å². The van der Waals surface area contributed by atoms with Crippen LogP contribution in [0.15, 0.2) is 51.7 Å². The quantitative estimate of drug-likeness (QED) is 0.314. The van der Waals surface area contributed by atoms with Gasteiger partial charge in [-0.05, 0) is 53.8 Å². The van der Waals surface area contributed by atoms with Crippen molar-refractivity contribution in [3.05, 3.63) is 81.2 Å². The Morgan fingerprint density at radius 3 is 2.23 bits per heavy atom. The molecule has 0 bridgehead atoms. The molecule has 3 heteroatoms. The number of halogens is 1. The van der Waals surface area contributed by atoms with Gasteiger partial charge in [-0.1, -0.05) is 82.3 Å². The monoisotopic (exact) mass is 408 g/mol. The van der Waals surface area contributed by atoms with Gasteiger partial charge in [0.15, 0.2) is 0 Å². The summed E-state index contributed by atoms with van der Waals surface area (Å²) in [7, 11) is 0. The van der Waals surface area contributed by atoms with Crippen molar-refractivity contribution in [2.24, 2.45) is 0 Å². The number of hydrogen-bond donors (Lipinski definition) is 0. The summed E-state index contributed by atoms with van der Waals surface area (Å²) in [5.41, 5.74) is 2.48. The van der Waals surface area contributed by atoms with Crippen LogP contribution < -0.4 is 5.63 Å². The van der Waals surface area contributed by atoms with Crippen LogP contribution in [0.3, 0.4) is 0 Å². The van der Waals surface area contributed by atoms with E-state index in [1.54, 1.807) is 0 Å². The average Bonchev–Trinajstić information content (AvgIpc) is 2.76. The van der Waals surface area contributed by atoms with Gasteiger partial charge in [0.05, 0.1) is 0 Å². The van der Waals surface area contributed by atoms with Crippen molar-refractivity contribution < 1.29 is 8.81 Å². The minimum Gasteiger partial charge on any atom is -0.427 e. The van der Waals surface area contributed by atoms with Gasteiger partial charge in [0, 0.05) is 6.42 Å². The first-order valence-electron chi connectivity index (χ1n) is 11.4. The summed E-state index contributed by atoms with van der Waals surface area (Å²) in [6, 6.07) is 13.9. The van der Waals surface area contributed by atoms with E-state index in [4.69, 9.17) is 4.42 Å². The van der Waals surface area contributed by atoms with Gasteiger partial charge in [-0.25, -0.2) is 9.18 Å². The Morgan fingerprint density at radius 2 is 1.50 bits per heavy atom. The molecular formula is C27H33FO2. The lowest BCUT2D eigenvalue weighted by molar-refractivity contribution is 0.452. The molecule has 0 aliphatic rings. The summed E-state index contributed by atoms with van der Waals surface area (Å²) in [4.78, 5) is 12.5. The summed E-state index contributed by atoms with van der Waals surface area (Å²) in [6.45, 7) is 4.34. The number of benzene rings is 2. The first-order chi connectivity index (χ1) is 14.6. The van der Waals surface area contributed by atoms with Crippen molar-refractivity contribution in [1.29, 1.82) is 0 Å². The van der Waals surface area contributed by atoms with E-state index in [2.05, 4.69) is 38.1 Å². The fourth-order valence-electron chi connectivity index (χ4n) is 3.95. The Hall–Kier alpha value is -2.42. The van der Waals surface area contributed by atoms with E-state index in [0.717, 1.165) is 32.1 Å². The van der Waals surface area contributed by atoms with Gasteiger partial charge in [-0.15, -0.1) is 0 Å². The van der Waals surface area contributed by atoms with Crippen LogP contribution >= 0.6 is 0 Å². The Morgan fingerprint density at radius 1 is 0.800 bits per heavy atom. The van der Waals surface area contributed by atoms with Gasteiger partial charge in [-0.3, -0.25) is 0 Å². The lowest BCUT2D eigenvalue weighted by Crippen LogP contribution is -2.07. The summed E-state index contributed by atoms with van der Waals surface area (Å²) < 4.78 is 20.5. The predicted molar refractivity (Wildman–Crippen MR) is 123 cm³/mol. The Balaban J connectivity index is 1.67. The van der Waals surface area contributed by atoms with E-state index in [1.165, 1.54) is 36.8 Å². The molecular weight excluding hydrogens is 375 g/mol. The van der Waals surface area contributed by atoms with Crippen molar-refractivity contribution >= 4 is 10.8 Å². The SMILES string of the molecule is CCCCCCCCc1cc2ccc(CCc3ccc(CC)cc3)c(F)c2c(=O)o1. The summed E-state index contributed by atoms with van der Waals surface area (Å²) >= 11 is 0. The zero-order valence-electron chi connectivity index (χ0n) is 18.3. The fourth-order valence-corrected chi connectivity index (χ4v) is 3.95. The van der Waals surface area contributed by atoms with E-state index < -0.39 is 11.4 Å². The highest BCUT2D eigenvalue weighted by molar-refractivity contribution is 5.82. The molecule has 1 aromatic heterocycles. The maximum absolute atomic E-state index is 15.0. The number of fused-ring (bicyclic) bond motifs is 1. The number of hydrogen-bond acceptors (Lipinski definition) is 2. The fraction of sp³-hybridized carbons (Fsp3) is 0.444. The molecule has 3 rings (SSSR count). The maximum atomic E-state index is 15.0. The molecule has 0 unspecified atom stereocenters. The minimum atomic E-state index is -0.555. The van der Waals surface area contributed by atoms with Crippen LogP contribution in [0, 0.1) is 5.82 Å². The first-order valence-corrected chi connectivity index (χ1v) is 11.4. The lowest BCUT2D eigenvalue weighted by Gasteiger charge is -2.08. The molecule has 2 aromatic carbocycles. The predicted octanol–water partition coefficient (Wildman–Crippen LogP) is 7.18. The smallest absolute Gasteiger partial charge is 0.346 e. The third-order valence-electron chi connectivity index (χ3n) is 5.89. The summed E-state index contributed by atoms with van der Waals surface area (Å²) in [6.07, 6.45) is 10.2. The number of aryl methyl sites for hydroxylation is 4. The van der Waals surface area contributed by atoms with Crippen LogP contribution in [0.4, 0.5) is 4.39 Å². The molecule has 2 nitrogen and oxygen atoms in total. The molecule has 1 heterocycles. The second kappa shape index (κ2) is 11.1. The third-order valence-corrected chi connectivity index (χ3v) is 5.89. The molecule has 0 amide bonds. The second-order valence-corrected chi connectivity index (χ2v) is 8.19. The Kier molecular flexibility index (Phi) is 8.24. The Labute approximate surface area is 179 Å². The third kappa shape index (κ3) is 5.81. The highest BCUT2D eigenvalue weighted by Gasteiger charge is 2.13. The molecule has 0 aliphatic heterocycles. The molecule has 0 N–H and O–H groups in total. The standard InChI is InChI=1S/C27H33FO2/c1-3-5-6-7-8-9-10-24-19-23-18-17-22(26(28)25(23)27(29)30-24)16-15-21-13-11-20(4-2)12-14-21/h11-14,17-19H,3-10,15-16H2,1-2H3. The van der Waals surface area contributed by atoms with E-state index in [-0.39, 0.29) is 5.39 Å². The normalized spacial score (nSPS) is 11.3. The van der Waals surface area contributed by atoms with Crippen LogP contribution in [-0.2, 0) is 25.7 Å². The van der Waals surface area contributed by atoms with Crippen LogP contribution in [0.1, 0.15) is 74.8 Å². The molecule has 0 fully saturated rings. The minimum absolute atomic E-state index is 0.0838. The number of rotatable bonds is 11. The largest absolute Gasteiger partial charge is 0.427 e. The summed E-state index contributed by atoms with van der Waals surface area (Å²) in [5, 5.41) is 0.723. The molecule has 0 saturated heterocycles. The van der Waals surface area contributed by atoms with Crippen molar-refractivity contribution in [3.63, 3.8) is 0 Å². The van der Waals surface area contributed by atoms with Crippen molar-refractivity contribution in [2.45, 2.75) is 78.1 Å². The van der Waals surface area contributed by atoms with E-state index in [1.807, 2.05) is 18.2 Å². The summed E-state index contributed by atoms with van der Waals surface area (Å²) in [5.74, 6) is 0.226. The lowest BCUT2D eigenvalue weighted by atomic mass is 9.99. The van der Waals surface area contributed by atoms with Crippen molar-refractivity contribution in [3.8, 4) is 0 Å². The molecule has 0 saturated carbocycles. The molecule has 0 radical (unpaired) electrons. The van der Waals surface area contributed by atoms with Gasteiger partial charge in [0.2, 0.25) is 0 Å². The molecule has 0 atom stereocenters. The van der Waals surface area contributed by atoms with Crippen molar-refractivity contribution in [1.82, 2.24) is 0 Å². The maximum Gasteiger partial charge on any atom is 0.346 e. The van der Waals surface area contributed by atoms with Crippen LogP contribution in [0.25, 0.3) is 10.8 Å². The van der Waals surface area contributed by atoms with Gasteiger partial charge >= 0.3 is 5.63 Å². The topological polar surface area (TPSA) is 30.2 Å². The van der Waals surface area contributed by atoms with E-state index >= 15 is 4.39 Å². The highest BCUT2D eigenvalue weighted by atomic mass is 19.1. The molecule has 160 valence electrons. The zero-order chi connectivity index (χ0) is 21.3. The first kappa shape index (κ1) is 22.3. The van der Waals surface area contributed by atoms with Crippen LogP contribution in [0.5, 0.6) is 0 Å². The van der Waals surface area contributed by atoms with Gasteiger partial charge in [0.1, 0.15) is 17.0 Å². The molecule has 0 aliphatic carbocycles. The molecule has 30 heavy (non-hydrogen) atoms. The van der Waals surface area contributed by atoms with Crippen LogP contribution in [-0.4, -0.2) is 0 Å². The van der Waals surface area contributed by atoms with E-state index in [0.29, 0.717) is 23.1 Å². The zero-order valence-corrected chi connectivity index (χ0v) is 18.3. The van der Waals surface area contributed by atoms with Crippen LogP contribution in [0.2, 0.25) is 0 Å². The van der Waals surface area contributed by atoms with E-state index in [9.17, 15) is 4.79 Å². The average molecular weight is 409 g/mol. The Bertz CT molecular complexity index is 1000. The second-order valence-electron chi connectivity index (χ2n) is 8.19. The molecule has 0 spiro atoms. The number of unbranched alkanes of at least 4 members (excludes halogenated alkanes) is 5. The highest BCUT2D eigenvalue weighted by Crippen LogP contribution is 2.22. The van der Waals surface area contributed by atoms with Gasteiger partial charge < -0.3 is 4.42 Å². The molecule has 3 aromatic rings. The van der Waals surface area contributed by atoms with Crippen molar-refractivity contribution in [2.75, 3.05) is 0 Å². The van der Waals surface area contributed by atoms with Gasteiger partial charge in [-0.2, -0.15) is 0 Å².